The van der Waals surface area contributed by atoms with Crippen LogP contribution >= 0.6 is 0 Å². The molecule has 0 spiro atoms. The topological polar surface area (TPSA) is 61.8 Å². The molecule has 0 radical (unpaired) electrons. The van der Waals surface area contributed by atoms with E-state index in [1.165, 1.54) is 6.26 Å². The van der Waals surface area contributed by atoms with E-state index in [-0.39, 0.29) is 0 Å². The highest BCUT2D eigenvalue weighted by atomic mass is 32.2. The van der Waals surface area contributed by atoms with Crippen LogP contribution in [0, 0.1) is 0 Å². The third-order valence-corrected chi connectivity index (χ3v) is 4.41. The highest BCUT2D eigenvalue weighted by Gasteiger charge is 2.07. The van der Waals surface area contributed by atoms with Crippen LogP contribution in [0.15, 0.2) is 46.8 Å². The second-order valence-electron chi connectivity index (χ2n) is 5.17. The zero-order valence-corrected chi connectivity index (χ0v) is 14.4. The molecule has 0 atom stereocenters. The smallest absolute Gasteiger partial charge is 0.193 e. The Morgan fingerprint density at radius 1 is 1.36 bits per heavy atom. The van der Waals surface area contributed by atoms with Crippen LogP contribution in [0.1, 0.15) is 18.4 Å². The molecule has 0 fully saturated rings. The van der Waals surface area contributed by atoms with Crippen molar-refractivity contribution in [1.29, 1.82) is 0 Å². The summed E-state index contributed by atoms with van der Waals surface area (Å²) in [6.07, 6.45) is 5.13. The Morgan fingerprint density at radius 2 is 2.00 bits per heavy atom. The molecule has 1 aromatic rings. The van der Waals surface area contributed by atoms with Gasteiger partial charge in [0, 0.05) is 33.4 Å². The van der Waals surface area contributed by atoms with E-state index in [0.29, 0.717) is 11.4 Å². The molecule has 0 saturated heterocycles. The van der Waals surface area contributed by atoms with E-state index in [0.717, 1.165) is 30.9 Å². The first-order chi connectivity index (χ1) is 10.4. The molecule has 122 valence electrons. The van der Waals surface area contributed by atoms with Crippen LogP contribution in [0.2, 0.25) is 0 Å². The maximum Gasteiger partial charge on any atom is 0.193 e. The van der Waals surface area contributed by atoms with Crippen molar-refractivity contribution in [1.82, 2.24) is 10.2 Å². The molecule has 0 aromatic heterocycles. The molecule has 1 N–H and O–H groups in total. The zero-order valence-electron chi connectivity index (χ0n) is 13.5. The van der Waals surface area contributed by atoms with Crippen molar-refractivity contribution in [2.75, 3.05) is 26.9 Å². The number of rotatable bonds is 7. The normalized spacial score (nSPS) is 12.0. The van der Waals surface area contributed by atoms with Crippen molar-refractivity contribution in [3.8, 4) is 0 Å². The highest BCUT2D eigenvalue weighted by Crippen LogP contribution is 2.10. The minimum Gasteiger partial charge on any atom is -0.352 e. The summed E-state index contributed by atoms with van der Waals surface area (Å²) in [5.74, 6) is 0.816. The van der Waals surface area contributed by atoms with Crippen LogP contribution in [0.5, 0.6) is 0 Å². The van der Waals surface area contributed by atoms with Crippen molar-refractivity contribution in [2.24, 2.45) is 4.99 Å². The van der Waals surface area contributed by atoms with Crippen LogP contribution < -0.4 is 5.32 Å². The first kappa shape index (κ1) is 18.2. The molecule has 1 rings (SSSR count). The van der Waals surface area contributed by atoms with Gasteiger partial charge in [-0.25, -0.2) is 8.42 Å². The summed E-state index contributed by atoms with van der Waals surface area (Å²) in [5, 5.41) is 3.27. The Bertz CT molecular complexity index is 607. The number of guanidine groups is 1. The van der Waals surface area contributed by atoms with E-state index in [9.17, 15) is 8.42 Å². The summed E-state index contributed by atoms with van der Waals surface area (Å²) in [7, 11) is 0.598. The van der Waals surface area contributed by atoms with Gasteiger partial charge in [0.2, 0.25) is 0 Å². The standard InChI is InChI=1S/C16H25N3O2S/c1-5-6-7-12-19(3)16(17-2)18-13-14-8-10-15(11-9-14)22(4,20)21/h5,8-11H,1,6-7,12-13H2,2-4H3,(H,17,18). The lowest BCUT2D eigenvalue weighted by atomic mass is 10.2. The third-order valence-electron chi connectivity index (χ3n) is 3.28. The summed E-state index contributed by atoms with van der Waals surface area (Å²) < 4.78 is 22.8. The van der Waals surface area contributed by atoms with Gasteiger partial charge in [-0.15, -0.1) is 6.58 Å². The monoisotopic (exact) mass is 323 g/mol. The first-order valence-electron chi connectivity index (χ1n) is 7.20. The zero-order chi connectivity index (χ0) is 16.6. The van der Waals surface area contributed by atoms with Gasteiger partial charge in [0.15, 0.2) is 15.8 Å². The number of nitrogens with zero attached hydrogens (tertiary/aromatic N) is 2. The molecule has 5 nitrogen and oxygen atoms in total. The van der Waals surface area contributed by atoms with Crippen molar-refractivity contribution in [3.63, 3.8) is 0 Å². The lowest BCUT2D eigenvalue weighted by Crippen LogP contribution is -2.38. The largest absolute Gasteiger partial charge is 0.352 e. The minimum atomic E-state index is -3.14. The number of hydrogen-bond donors (Lipinski definition) is 1. The molecule has 0 aliphatic rings. The van der Waals surface area contributed by atoms with E-state index in [1.807, 2.05) is 25.3 Å². The van der Waals surface area contributed by atoms with Gasteiger partial charge < -0.3 is 10.2 Å². The van der Waals surface area contributed by atoms with Crippen molar-refractivity contribution >= 4 is 15.8 Å². The number of allylic oxidation sites excluding steroid dienone is 1. The maximum atomic E-state index is 11.4. The molecule has 0 heterocycles. The predicted molar refractivity (Wildman–Crippen MR) is 91.8 cm³/mol. The Hall–Kier alpha value is -1.82. The molecule has 0 amide bonds. The quantitative estimate of drug-likeness (QED) is 0.361. The van der Waals surface area contributed by atoms with Crippen molar-refractivity contribution in [3.05, 3.63) is 42.5 Å². The number of nitrogens with one attached hydrogen (secondary N) is 1. The van der Waals surface area contributed by atoms with Gasteiger partial charge >= 0.3 is 0 Å². The van der Waals surface area contributed by atoms with Gasteiger partial charge in [0.05, 0.1) is 4.90 Å². The molecule has 0 aliphatic heterocycles. The Kier molecular flexibility index (Phi) is 7.11. The molecular formula is C16H25N3O2S. The predicted octanol–water partition coefficient (Wildman–Crippen LogP) is 2.06. The minimum absolute atomic E-state index is 0.335. The van der Waals surface area contributed by atoms with E-state index < -0.39 is 9.84 Å². The van der Waals surface area contributed by atoms with Gasteiger partial charge in [-0.2, -0.15) is 0 Å². The number of hydrogen-bond acceptors (Lipinski definition) is 3. The fraction of sp³-hybridized carbons (Fsp3) is 0.438. The van der Waals surface area contributed by atoms with E-state index >= 15 is 0 Å². The SMILES string of the molecule is C=CCCCN(C)C(=NC)NCc1ccc(S(C)(=O)=O)cc1. The average Bonchev–Trinajstić information content (AvgIpc) is 2.47. The Balaban J connectivity index is 2.58. The fourth-order valence-electron chi connectivity index (χ4n) is 2.00. The second kappa shape index (κ2) is 8.58. The van der Waals surface area contributed by atoms with Crippen LogP contribution in [-0.4, -0.2) is 46.2 Å². The van der Waals surface area contributed by atoms with E-state index in [2.05, 4.69) is 21.8 Å². The number of aliphatic imine (C=N–C) groups is 1. The number of benzene rings is 1. The summed E-state index contributed by atoms with van der Waals surface area (Å²) in [6.45, 7) is 5.22. The molecule has 1 aromatic carbocycles. The molecule has 22 heavy (non-hydrogen) atoms. The molecule has 0 unspecified atom stereocenters. The summed E-state index contributed by atoms with van der Waals surface area (Å²) >= 11 is 0. The summed E-state index contributed by atoms with van der Waals surface area (Å²) in [6, 6.07) is 6.88. The van der Waals surface area contributed by atoms with Gasteiger partial charge in [0.25, 0.3) is 0 Å². The molecule has 0 saturated carbocycles. The number of sulfone groups is 1. The first-order valence-corrected chi connectivity index (χ1v) is 9.09. The van der Waals surface area contributed by atoms with Crippen molar-refractivity contribution < 1.29 is 8.42 Å². The van der Waals surface area contributed by atoms with Crippen molar-refractivity contribution in [2.45, 2.75) is 24.3 Å². The lowest BCUT2D eigenvalue weighted by Gasteiger charge is -2.21. The molecule has 0 bridgehead atoms. The van der Waals surface area contributed by atoms with Crippen LogP contribution in [0.25, 0.3) is 0 Å². The Morgan fingerprint density at radius 3 is 2.50 bits per heavy atom. The fourth-order valence-corrected chi connectivity index (χ4v) is 2.63. The van der Waals surface area contributed by atoms with Gasteiger partial charge in [-0.3, -0.25) is 4.99 Å². The van der Waals surface area contributed by atoms with Gasteiger partial charge in [-0.1, -0.05) is 18.2 Å². The van der Waals surface area contributed by atoms with E-state index in [4.69, 9.17) is 0 Å². The molecular weight excluding hydrogens is 298 g/mol. The highest BCUT2D eigenvalue weighted by molar-refractivity contribution is 7.90. The van der Waals surface area contributed by atoms with Gasteiger partial charge in [-0.05, 0) is 30.5 Å². The van der Waals surface area contributed by atoms with Crippen LogP contribution in [0.4, 0.5) is 0 Å². The number of unbranched alkanes of at least 4 members (excludes halogenated alkanes) is 1. The van der Waals surface area contributed by atoms with E-state index in [1.54, 1.807) is 19.2 Å². The van der Waals surface area contributed by atoms with Crippen LogP contribution in [0.3, 0.4) is 0 Å². The third kappa shape index (κ3) is 5.89. The Labute approximate surface area is 133 Å². The summed E-state index contributed by atoms with van der Waals surface area (Å²) in [4.78, 5) is 6.65. The summed E-state index contributed by atoms with van der Waals surface area (Å²) in [5.41, 5.74) is 1.01. The van der Waals surface area contributed by atoms with Gasteiger partial charge in [0.1, 0.15) is 0 Å². The maximum absolute atomic E-state index is 11.4. The van der Waals surface area contributed by atoms with Crippen LogP contribution in [-0.2, 0) is 16.4 Å². The lowest BCUT2D eigenvalue weighted by molar-refractivity contribution is 0.470. The second-order valence-corrected chi connectivity index (χ2v) is 7.19. The molecule has 0 aliphatic carbocycles. The average molecular weight is 323 g/mol. The molecule has 6 heteroatoms.